The van der Waals surface area contributed by atoms with Crippen molar-refractivity contribution in [3.05, 3.63) is 34.2 Å². The molecule has 18 heavy (non-hydrogen) atoms. The van der Waals surface area contributed by atoms with Crippen LogP contribution >= 0.6 is 0 Å². The number of rotatable bonds is 5. The Morgan fingerprint density at radius 3 is 2.94 bits per heavy atom. The largest absolute Gasteiger partial charge is 0.380 e. The molecule has 0 radical (unpaired) electrons. The number of fused-ring (bicyclic) bond motifs is 1. The minimum atomic E-state index is -0.514. The number of hydrogen-bond donors (Lipinski definition) is 2. The first-order valence-electron chi connectivity index (χ1n) is 5.73. The third kappa shape index (κ3) is 2.28. The van der Waals surface area contributed by atoms with Gasteiger partial charge >= 0.3 is 5.69 Å². The summed E-state index contributed by atoms with van der Waals surface area (Å²) in [5.74, 6) is -0.514. The van der Waals surface area contributed by atoms with Gasteiger partial charge in [-0.15, -0.1) is 0 Å². The van der Waals surface area contributed by atoms with Crippen LogP contribution in [0.1, 0.15) is 17.3 Å². The molecule has 0 saturated heterocycles. The van der Waals surface area contributed by atoms with Crippen LogP contribution in [0.5, 0.6) is 0 Å². The van der Waals surface area contributed by atoms with Gasteiger partial charge in [0.2, 0.25) is 5.91 Å². The summed E-state index contributed by atoms with van der Waals surface area (Å²) >= 11 is 0. The molecular formula is C12H15N3O3. The van der Waals surface area contributed by atoms with Crippen LogP contribution in [-0.4, -0.2) is 28.7 Å². The summed E-state index contributed by atoms with van der Waals surface area (Å²) < 4.78 is 6.80. The smallest absolute Gasteiger partial charge is 0.326 e. The van der Waals surface area contributed by atoms with Gasteiger partial charge in [-0.2, -0.15) is 0 Å². The van der Waals surface area contributed by atoms with Crippen LogP contribution in [0, 0.1) is 0 Å². The molecule has 6 nitrogen and oxygen atoms in total. The monoisotopic (exact) mass is 249 g/mol. The molecule has 0 aliphatic heterocycles. The van der Waals surface area contributed by atoms with Crippen LogP contribution in [0.2, 0.25) is 0 Å². The summed E-state index contributed by atoms with van der Waals surface area (Å²) in [6, 6.07) is 4.89. The molecule has 2 aromatic rings. The lowest BCUT2D eigenvalue weighted by atomic mass is 10.2. The molecular weight excluding hydrogens is 234 g/mol. The number of nitrogens with one attached hydrogen (secondary N) is 1. The fourth-order valence-corrected chi connectivity index (χ4v) is 1.84. The van der Waals surface area contributed by atoms with Crippen molar-refractivity contribution in [2.75, 3.05) is 13.2 Å². The number of hydrogen-bond acceptors (Lipinski definition) is 3. The summed E-state index contributed by atoms with van der Waals surface area (Å²) in [7, 11) is 0. The first-order valence-corrected chi connectivity index (χ1v) is 5.73. The van der Waals surface area contributed by atoms with Crippen molar-refractivity contribution in [3.8, 4) is 0 Å². The van der Waals surface area contributed by atoms with Crippen LogP contribution in [0.25, 0.3) is 11.0 Å². The van der Waals surface area contributed by atoms with Gasteiger partial charge in [0.1, 0.15) is 0 Å². The summed E-state index contributed by atoms with van der Waals surface area (Å²) in [5.41, 5.74) is 6.69. The summed E-state index contributed by atoms with van der Waals surface area (Å²) in [6.45, 7) is 3.46. The number of carbonyl (C=O) groups is 1. The highest BCUT2D eigenvalue weighted by Crippen LogP contribution is 2.12. The molecule has 1 aromatic heterocycles. The number of amides is 1. The van der Waals surface area contributed by atoms with Gasteiger partial charge in [0.15, 0.2) is 0 Å². The minimum Gasteiger partial charge on any atom is -0.380 e. The second-order valence-electron chi connectivity index (χ2n) is 3.87. The number of aromatic nitrogens is 2. The van der Waals surface area contributed by atoms with E-state index in [1.165, 1.54) is 0 Å². The maximum atomic E-state index is 11.7. The maximum absolute atomic E-state index is 11.7. The van der Waals surface area contributed by atoms with Crippen LogP contribution in [0.15, 0.2) is 23.0 Å². The van der Waals surface area contributed by atoms with E-state index in [2.05, 4.69) is 4.98 Å². The van der Waals surface area contributed by atoms with E-state index >= 15 is 0 Å². The van der Waals surface area contributed by atoms with Crippen molar-refractivity contribution in [2.45, 2.75) is 13.5 Å². The highest BCUT2D eigenvalue weighted by molar-refractivity contribution is 5.96. The van der Waals surface area contributed by atoms with Gasteiger partial charge in [0.05, 0.1) is 24.2 Å². The maximum Gasteiger partial charge on any atom is 0.326 e. The van der Waals surface area contributed by atoms with Gasteiger partial charge in [-0.1, -0.05) is 0 Å². The zero-order valence-electron chi connectivity index (χ0n) is 10.1. The van der Waals surface area contributed by atoms with Gasteiger partial charge in [-0.25, -0.2) is 4.79 Å². The molecule has 0 bridgehead atoms. The van der Waals surface area contributed by atoms with E-state index in [0.29, 0.717) is 30.8 Å². The first-order chi connectivity index (χ1) is 8.63. The number of carbonyl (C=O) groups excluding carboxylic acids is 1. The fourth-order valence-electron chi connectivity index (χ4n) is 1.84. The average molecular weight is 249 g/mol. The summed E-state index contributed by atoms with van der Waals surface area (Å²) in [6.07, 6.45) is 0. The van der Waals surface area contributed by atoms with Crippen LogP contribution in [0.4, 0.5) is 0 Å². The Morgan fingerprint density at radius 2 is 2.28 bits per heavy atom. The van der Waals surface area contributed by atoms with Crippen molar-refractivity contribution in [1.29, 1.82) is 0 Å². The van der Waals surface area contributed by atoms with Crippen molar-refractivity contribution in [2.24, 2.45) is 5.73 Å². The van der Waals surface area contributed by atoms with Gasteiger partial charge in [-0.3, -0.25) is 9.36 Å². The standard InChI is InChI=1S/C12H15N3O3/c1-2-18-6-5-15-10-4-3-8(11(13)16)7-9(10)14-12(15)17/h3-4,7H,2,5-6H2,1H3,(H2,13,16)(H,14,17). The van der Waals surface area contributed by atoms with Gasteiger partial charge < -0.3 is 15.5 Å². The molecule has 96 valence electrons. The van der Waals surface area contributed by atoms with Gasteiger partial charge in [-0.05, 0) is 25.1 Å². The number of nitrogens with zero attached hydrogens (tertiary/aromatic N) is 1. The van der Waals surface area contributed by atoms with Crippen LogP contribution in [0.3, 0.4) is 0 Å². The lowest BCUT2D eigenvalue weighted by Crippen LogP contribution is -2.19. The molecule has 0 aliphatic carbocycles. The topological polar surface area (TPSA) is 90.1 Å². The zero-order valence-corrected chi connectivity index (χ0v) is 10.1. The number of nitrogens with two attached hydrogens (primary N) is 1. The Kier molecular flexibility index (Phi) is 3.47. The SMILES string of the molecule is CCOCCn1c(=O)[nH]c2cc(C(N)=O)ccc21. The Morgan fingerprint density at radius 1 is 1.50 bits per heavy atom. The predicted octanol–water partition coefficient (Wildman–Crippen LogP) is 0.465. The Hall–Kier alpha value is -2.08. The summed E-state index contributed by atoms with van der Waals surface area (Å²) in [5, 5.41) is 0. The lowest BCUT2D eigenvalue weighted by Gasteiger charge is -2.03. The Balaban J connectivity index is 2.39. The molecule has 0 aliphatic rings. The van der Waals surface area contributed by atoms with E-state index in [1.54, 1.807) is 22.8 Å². The number of aromatic amines is 1. The highest BCUT2D eigenvalue weighted by atomic mass is 16.5. The molecule has 0 fully saturated rings. The third-order valence-corrected chi connectivity index (χ3v) is 2.72. The number of H-pyrrole nitrogens is 1. The number of primary amides is 1. The third-order valence-electron chi connectivity index (χ3n) is 2.72. The van der Waals surface area contributed by atoms with E-state index in [-0.39, 0.29) is 5.69 Å². The molecule has 0 spiro atoms. The van der Waals surface area contributed by atoms with E-state index in [4.69, 9.17) is 10.5 Å². The van der Waals surface area contributed by atoms with Crippen molar-refractivity contribution in [1.82, 2.24) is 9.55 Å². The fraction of sp³-hybridized carbons (Fsp3) is 0.333. The quantitative estimate of drug-likeness (QED) is 0.754. The van der Waals surface area contributed by atoms with Gasteiger partial charge in [0.25, 0.3) is 0 Å². The number of benzene rings is 1. The van der Waals surface area contributed by atoms with Crippen molar-refractivity contribution < 1.29 is 9.53 Å². The highest BCUT2D eigenvalue weighted by Gasteiger charge is 2.08. The molecule has 0 atom stereocenters. The minimum absolute atomic E-state index is 0.216. The molecule has 6 heteroatoms. The zero-order chi connectivity index (χ0) is 13.1. The number of ether oxygens (including phenoxy) is 1. The van der Waals surface area contributed by atoms with Gasteiger partial charge in [0, 0.05) is 12.2 Å². The Labute approximate surface area is 103 Å². The van der Waals surface area contributed by atoms with E-state index in [0.717, 1.165) is 5.52 Å². The molecule has 1 heterocycles. The number of imidazole rings is 1. The molecule has 3 N–H and O–H groups in total. The van der Waals surface area contributed by atoms with Crippen LogP contribution in [-0.2, 0) is 11.3 Å². The average Bonchev–Trinajstić information content (AvgIpc) is 2.65. The first kappa shape index (κ1) is 12.4. The van der Waals surface area contributed by atoms with Crippen molar-refractivity contribution >= 4 is 16.9 Å². The van der Waals surface area contributed by atoms with E-state index < -0.39 is 5.91 Å². The molecule has 1 aromatic carbocycles. The summed E-state index contributed by atoms with van der Waals surface area (Å²) in [4.78, 5) is 25.5. The molecule has 0 unspecified atom stereocenters. The normalized spacial score (nSPS) is 10.9. The van der Waals surface area contributed by atoms with Crippen LogP contribution < -0.4 is 11.4 Å². The molecule has 0 saturated carbocycles. The lowest BCUT2D eigenvalue weighted by molar-refractivity contribution is 0.100. The molecule has 2 rings (SSSR count). The van der Waals surface area contributed by atoms with E-state index in [9.17, 15) is 9.59 Å². The predicted molar refractivity (Wildman–Crippen MR) is 67.6 cm³/mol. The molecule has 1 amide bonds. The second kappa shape index (κ2) is 5.05. The van der Waals surface area contributed by atoms with E-state index in [1.807, 2.05) is 6.92 Å². The van der Waals surface area contributed by atoms with Crippen molar-refractivity contribution in [3.63, 3.8) is 0 Å². The Bertz CT molecular complexity index is 627. The second-order valence-corrected chi connectivity index (χ2v) is 3.87.